The molecule has 3 atom stereocenters. The number of amides is 2. The third kappa shape index (κ3) is 9.28. The molecule has 2 amide bonds. The van der Waals surface area contributed by atoms with E-state index in [0.717, 1.165) is 27.8 Å². The van der Waals surface area contributed by atoms with Crippen molar-refractivity contribution in [1.82, 2.24) is 10.6 Å². The summed E-state index contributed by atoms with van der Waals surface area (Å²) >= 11 is 0. The summed E-state index contributed by atoms with van der Waals surface area (Å²) in [6.07, 6.45) is -0.822. The fraction of sp³-hybridized carbons (Fsp3) is 0.386. The van der Waals surface area contributed by atoms with Crippen LogP contribution in [0.5, 0.6) is 11.5 Å². The number of ether oxygens (including phenoxy) is 2. The lowest BCUT2D eigenvalue weighted by Crippen LogP contribution is -2.56. The Morgan fingerprint density at radius 2 is 1.10 bits per heavy atom. The van der Waals surface area contributed by atoms with E-state index in [1.54, 1.807) is 51.5 Å². The van der Waals surface area contributed by atoms with Crippen LogP contribution in [-0.4, -0.2) is 48.0 Å². The summed E-state index contributed by atoms with van der Waals surface area (Å²) in [5.74, 6) is 0.670. The zero-order valence-corrected chi connectivity index (χ0v) is 32.8. The highest BCUT2D eigenvalue weighted by atomic mass is 16.5. The predicted octanol–water partition coefficient (Wildman–Crippen LogP) is 8.53. The van der Waals surface area contributed by atoms with E-state index >= 15 is 0 Å². The molecule has 278 valence electrons. The number of carbonyl (C=O) groups is 3. The first kappa shape index (κ1) is 41.5. The van der Waals surface area contributed by atoms with Gasteiger partial charge in [0.2, 0.25) is 0 Å². The second-order valence-electron chi connectivity index (χ2n) is 14.5. The van der Waals surface area contributed by atoms with Crippen molar-refractivity contribution >= 4 is 17.6 Å². The van der Waals surface area contributed by atoms with E-state index in [1.807, 2.05) is 117 Å². The van der Waals surface area contributed by atoms with Crippen LogP contribution in [0.25, 0.3) is 0 Å². The highest BCUT2D eigenvalue weighted by Crippen LogP contribution is 2.34. The van der Waals surface area contributed by atoms with Crippen LogP contribution in [0.3, 0.4) is 0 Å². The topological polar surface area (TPSA) is 114 Å². The van der Waals surface area contributed by atoms with Crippen molar-refractivity contribution in [3.8, 4) is 11.5 Å². The number of carbonyl (C=O) groups excluding carboxylic acids is 3. The maximum atomic E-state index is 13.2. The van der Waals surface area contributed by atoms with E-state index in [2.05, 4.69) is 10.6 Å². The minimum Gasteiger partial charge on any atom is -0.496 e. The maximum absolute atomic E-state index is 13.2. The molecule has 3 N–H and O–H groups in total. The molecule has 0 aliphatic rings. The average molecular weight is 709 g/mol. The number of benzene rings is 4. The number of aliphatic hydroxyl groups is 1. The maximum Gasteiger partial charge on any atom is 0.252 e. The number of aliphatic hydroxyl groups excluding tert-OH is 1. The van der Waals surface area contributed by atoms with Crippen molar-refractivity contribution in [1.29, 1.82) is 0 Å². The van der Waals surface area contributed by atoms with Crippen molar-refractivity contribution in [3.63, 3.8) is 0 Å². The smallest absolute Gasteiger partial charge is 0.252 e. The fourth-order valence-electron chi connectivity index (χ4n) is 6.04. The molecule has 0 spiro atoms. The molecule has 4 aromatic rings. The molecule has 4 rings (SSSR count). The van der Waals surface area contributed by atoms with Gasteiger partial charge in [0.15, 0.2) is 5.78 Å². The van der Waals surface area contributed by atoms with Gasteiger partial charge < -0.3 is 25.2 Å². The Morgan fingerprint density at radius 1 is 0.635 bits per heavy atom. The van der Waals surface area contributed by atoms with Gasteiger partial charge in [0.25, 0.3) is 11.8 Å². The summed E-state index contributed by atoms with van der Waals surface area (Å²) in [5, 5.41) is 17.1. The Labute approximate surface area is 310 Å². The number of hydrogen-bond donors (Lipinski definition) is 3. The molecule has 0 aliphatic carbocycles. The van der Waals surface area contributed by atoms with Gasteiger partial charge in [-0.15, -0.1) is 0 Å². The van der Waals surface area contributed by atoms with E-state index in [4.69, 9.17) is 9.47 Å². The lowest BCUT2D eigenvalue weighted by Gasteiger charge is -2.39. The molecule has 52 heavy (non-hydrogen) atoms. The summed E-state index contributed by atoms with van der Waals surface area (Å²) < 4.78 is 10.6. The number of nitrogens with one attached hydrogen (secondary N) is 2. The van der Waals surface area contributed by atoms with Crippen molar-refractivity contribution in [2.24, 2.45) is 11.8 Å². The fourth-order valence-corrected chi connectivity index (χ4v) is 6.04. The van der Waals surface area contributed by atoms with Crippen LogP contribution >= 0.6 is 0 Å². The number of hydrogen-bond acceptors (Lipinski definition) is 6. The minimum atomic E-state index is -1.01. The predicted molar refractivity (Wildman–Crippen MR) is 209 cm³/mol. The lowest BCUT2D eigenvalue weighted by atomic mass is 9.79. The van der Waals surface area contributed by atoms with Gasteiger partial charge >= 0.3 is 0 Å². The van der Waals surface area contributed by atoms with Crippen LogP contribution in [0.15, 0.2) is 84.9 Å². The van der Waals surface area contributed by atoms with Crippen LogP contribution in [0, 0.1) is 39.5 Å². The van der Waals surface area contributed by atoms with Crippen LogP contribution < -0.4 is 20.1 Å². The molecule has 8 nitrogen and oxygen atoms in total. The number of ketones is 1. The Morgan fingerprint density at radius 3 is 1.54 bits per heavy atom. The van der Waals surface area contributed by atoms with Gasteiger partial charge in [-0.25, -0.2) is 0 Å². The Balaban J connectivity index is 0.000000280. The van der Waals surface area contributed by atoms with Crippen molar-refractivity contribution in [2.45, 2.75) is 86.4 Å². The Kier molecular flexibility index (Phi) is 14.0. The minimum absolute atomic E-state index is 0.0212. The number of methoxy groups -OCH3 is 2. The molecular formula is C44H56N2O6. The molecule has 3 unspecified atom stereocenters. The molecule has 4 aromatic carbocycles. The Hall–Kier alpha value is -4.95. The average Bonchev–Trinajstić information content (AvgIpc) is 3.11. The van der Waals surface area contributed by atoms with E-state index in [1.165, 1.54) is 0 Å². The third-order valence-corrected chi connectivity index (χ3v) is 10.3. The van der Waals surface area contributed by atoms with E-state index in [9.17, 15) is 19.5 Å². The van der Waals surface area contributed by atoms with Crippen molar-refractivity contribution in [2.75, 3.05) is 14.2 Å². The standard InChI is InChI=1S/C22H29NO3.C22H27NO3/c2*1-14(2)22(5,20(24)17-10-7-9-15(3)13-17)23-21(25)18-11-8-12-19(26-6)16(18)4/h7-14,20,24H,1-6H3,(H,23,25);7-14H,1-6H3,(H,23,25). The largest absolute Gasteiger partial charge is 0.496 e. The highest BCUT2D eigenvalue weighted by molar-refractivity contribution is 6.07. The second kappa shape index (κ2) is 17.5. The molecule has 0 saturated heterocycles. The van der Waals surface area contributed by atoms with E-state index < -0.39 is 17.2 Å². The molecule has 0 bridgehead atoms. The monoisotopic (exact) mass is 708 g/mol. The van der Waals surface area contributed by atoms with Gasteiger partial charge in [0.1, 0.15) is 23.1 Å². The zero-order valence-electron chi connectivity index (χ0n) is 32.8. The first-order valence-corrected chi connectivity index (χ1v) is 17.7. The summed E-state index contributed by atoms with van der Waals surface area (Å²) in [6.45, 7) is 19.2. The lowest BCUT2D eigenvalue weighted by molar-refractivity contribution is 0.0348. The molecule has 0 aliphatic heterocycles. The molecule has 0 aromatic heterocycles. The Bertz CT molecular complexity index is 1880. The number of rotatable bonds is 12. The third-order valence-electron chi connectivity index (χ3n) is 10.3. The summed E-state index contributed by atoms with van der Waals surface area (Å²) in [4.78, 5) is 39.1. The zero-order chi connectivity index (χ0) is 39.0. The summed E-state index contributed by atoms with van der Waals surface area (Å²) in [5.41, 5.74) is 4.24. The second-order valence-corrected chi connectivity index (χ2v) is 14.5. The quantitative estimate of drug-likeness (QED) is 0.127. The van der Waals surface area contributed by atoms with Gasteiger partial charge in [0.05, 0.1) is 19.8 Å². The molecule has 0 fully saturated rings. The highest BCUT2D eigenvalue weighted by Gasteiger charge is 2.40. The first-order chi connectivity index (χ1) is 24.4. The van der Waals surface area contributed by atoms with E-state index in [-0.39, 0.29) is 29.4 Å². The van der Waals surface area contributed by atoms with Gasteiger partial charge in [-0.1, -0.05) is 93.4 Å². The van der Waals surface area contributed by atoms with E-state index in [0.29, 0.717) is 28.2 Å². The van der Waals surface area contributed by atoms with Crippen LogP contribution in [-0.2, 0) is 0 Å². The SMILES string of the molecule is COc1cccc(C(=O)NC(C)(C(=O)c2cccc(C)c2)C(C)C)c1C.COc1cccc(C(=O)NC(C)(C(C)C)C(O)c2cccc(C)c2)c1C. The summed E-state index contributed by atoms with van der Waals surface area (Å²) in [6, 6.07) is 25.9. The number of Topliss-reactive ketones (excluding diaryl/α,β-unsaturated/α-hetero) is 1. The van der Waals surface area contributed by atoms with Gasteiger partial charge in [0, 0.05) is 27.8 Å². The van der Waals surface area contributed by atoms with Crippen molar-refractivity contribution in [3.05, 3.63) is 129 Å². The van der Waals surface area contributed by atoms with Crippen LogP contribution in [0.4, 0.5) is 0 Å². The van der Waals surface area contributed by atoms with Crippen molar-refractivity contribution < 1.29 is 29.0 Å². The van der Waals surface area contributed by atoms with Gasteiger partial charge in [-0.05, 0) is 89.3 Å². The molecule has 0 heterocycles. The molecule has 0 radical (unpaired) electrons. The first-order valence-electron chi connectivity index (χ1n) is 17.7. The molecule has 8 heteroatoms. The van der Waals surface area contributed by atoms with Gasteiger partial charge in [-0.2, -0.15) is 0 Å². The van der Waals surface area contributed by atoms with Crippen LogP contribution in [0.2, 0.25) is 0 Å². The summed E-state index contributed by atoms with van der Waals surface area (Å²) in [7, 11) is 3.16. The molecular weight excluding hydrogens is 652 g/mol. The molecule has 0 saturated carbocycles. The number of aryl methyl sites for hydroxylation is 2. The van der Waals surface area contributed by atoms with Gasteiger partial charge in [-0.3, -0.25) is 14.4 Å². The van der Waals surface area contributed by atoms with Crippen LogP contribution in [0.1, 0.15) is 107 Å². The normalized spacial score (nSPS) is 13.9.